The van der Waals surface area contributed by atoms with Crippen molar-refractivity contribution in [2.75, 3.05) is 44.3 Å². The molecule has 2 heterocycles. The van der Waals surface area contributed by atoms with Crippen molar-refractivity contribution in [3.8, 4) is 11.5 Å². The molecule has 0 bridgehead atoms. The van der Waals surface area contributed by atoms with Gasteiger partial charge < -0.3 is 9.47 Å². The summed E-state index contributed by atoms with van der Waals surface area (Å²) in [7, 11) is 0. The second kappa shape index (κ2) is 11.4. The molecule has 0 N–H and O–H groups in total. The summed E-state index contributed by atoms with van der Waals surface area (Å²) in [6, 6.07) is 20.7. The van der Waals surface area contributed by atoms with Crippen LogP contribution in [0.25, 0.3) is 10.2 Å². The number of hydrogen-bond donors (Lipinski definition) is 0. The fourth-order valence-corrected chi connectivity index (χ4v) is 5.60. The van der Waals surface area contributed by atoms with Gasteiger partial charge in [-0.1, -0.05) is 59.3 Å². The van der Waals surface area contributed by atoms with Gasteiger partial charge in [0.1, 0.15) is 11.5 Å². The molecule has 0 atom stereocenters. The van der Waals surface area contributed by atoms with Crippen LogP contribution in [0, 0.1) is 6.92 Å². The van der Waals surface area contributed by atoms with Crippen LogP contribution in [-0.4, -0.2) is 55.2 Å². The average Bonchev–Trinajstić information content (AvgIpc) is 3.37. The van der Waals surface area contributed by atoms with Crippen LogP contribution in [0.2, 0.25) is 5.02 Å². The summed E-state index contributed by atoms with van der Waals surface area (Å²) in [6.07, 6.45) is 0.816. The van der Waals surface area contributed by atoms with Crippen LogP contribution in [0.1, 0.15) is 22.3 Å². The third-order valence-electron chi connectivity index (χ3n) is 6.21. The molecule has 1 aliphatic heterocycles. The lowest BCUT2D eigenvalue weighted by Gasteiger charge is -2.28. The van der Waals surface area contributed by atoms with E-state index in [9.17, 15) is 4.79 Å². The highest BCUT2D eigenvalue weighted by molar-refractivity contribution is 7.23. The molecule has 8 heteroatoms. The number of thiazole rings is 1. The molecule has 1 saturated heterocycles. The Morgan fingerprint density at radius 1 is 1.08 bits per heavy atom. The molecule has 3 aromatic carbocycles. The van der Waals surface area contributed by atoms with E-state index < -0.39 is 0 Å². The Kier molecular flexibility index (Phi) is 7.82. The SMILES string of the molecule is Cc1ccc(Cl)c2sc(N(CCCN3CCOCC3)C(=O)c3ccccc3Oc3ccccc3)nc12. The Labute approximate surface area is 220 Å². The molecule has 1 fully saturated rings. The monoisotopic (exact) mass is 521 g/mol. The molecule has 0 unspecified atom stereocenters. The van der Waals surface area contributed by atoms with Gasteiger partial charge >= 0.3 is 0 Å². The maximum absolute atomic E-state index is 14.0. The number of morpholine rings is 1. The van der Waals surface area contributed by atoms with Crippen molar-refractivity contribution in [3.05, 3.63) is 82.9 Å². The van der Waals surface area contributed by atoms with E-state index in [0.717, 1.165) is 55.0 Å². The molecule has 1 aliphatic rings. The largest absolute Gasteiger partial charge is 0.457 e. The van der Waals surface area contributed by atoms with Crippen LogP contribution in [-0.2, 0) is 4.74 Å². The maximum atomic E-state index is 14.0. The molecule has 1 aromatic heterocycles. The zero-order valence-electron chi connectivity index (χ0n) is 20.2. The van der Waals surface area contributed by atoms with Crippen molar-refractivity contribution in [2.45, 2.75) is 13.3 Å². The van der Waals surface area contributed by atoms with Gasteiger partial charge in [-0.05, 0) is 49.2 Å². The summed E-state index contributed by atoms with van der Waals surface area (Å²) in [4.78, 5) is 23.0. The van der Waals surface area contributed by atoms with Crippen LogP contribution >= 0.6 is 22.9 Å². The zero-order chi connectivity index (χ0) is 24.9. The third kappa shape index (κ3) is 5.55. The Morgan fingerprint density at radius 3 is 2.61 bits per heavy atom. The Morgan fingerprint density at radius 2 is 1.83 bits per heavy atom. The lowest BCUT2D eigenvalue weighted by molar-refractivity contribution is 0.0376. The number of carbonyl (C=O) groups is 1. The molecule has 186 valence electrons. The minimum Gasteiger partial charge on any atom is -0.457 e. The number of aromatic nitrogens is 1. The molecule has 0 saturated carbocycles. The molecule has 0 radical (unpaired) electrons. The first-order valence-corrected chi connectivity index (χ1v) is 13.3. The van der Waals surface area contributed by atoms with E-state index in [0.29, 0.717) is 33.8 Å². The highest BCUT2D eigenvalue weighted by Crippen LogP contribution is 2.37. The van der Waals surface area contributed by atoms with Gasteiger partial charge in [-0.15, -0.1) is 0 Å². The van der Waals surface area contributed by atoms with Gasteiger partial charge in [0.2, 0.25) is 0 Å². The van der Waals surface area contributed by atoms with Crippen molar-refractivity contribution in [1.82, 2.24) is 9.88 Å². The molecule has 6 nitrogen and oxygen atoms in total. The van der Waals surface area contributed by atoms with Crippen molar-refractivity contribution in [1.29, 1.82) is 0 Å². The van der Waals surface area contributed by atoms with Crippen LogP contribution in [0.3, 0.4) is 0 Å². The van der Waals surface area contributed by atoms with E-state index in [1.165, 1.54) is 11.3 Å². The topological polar surface area (TPSA) is 54.9 Å². The van der Waals surface area contributed by atoms with Crippen LogP contribution in [0.15, 0.2) is 66.7 Å². The number of ether oxygens (including phenoxy) is 2. The minimum absolute atomic E-state index is 0.142. The van der Waals surface area contributed by atoms with Gasteiger partial charge in [-0.25, -0.2) is 4.98 Å². The van der Waals surface area contributed by atoms with E-state index in [2.05, 4.69) is 4.90 Å². The number of halogens is 1. The first-order chi connectivity index (χ1) is 17.6. The van der Waals surface area contributed by atoms with E-state index >= 15 is 0 Å². The molecule has 36 heavy (non-hydrogen) atoms. The predicted molar refractivity (Wildman–Crippen MR) is 146 cm³/mol. The minimum atomic E-state index is -0.142. The smallest absolute Gasteiger partial charge is 0.263 e. The quantitative estimate of drug-likeness (QED) is 0.268. The summed E-state index contributed by atoms with van der Waals surface area (Å²) in [5, 5.41) is 1.29. The average molecular weight is 522 g/mol. The standard InChI is InChI=1S/C28H28ClN3O3S/c1-20-12-13-23(29)26-25(20)30-28(36-26)32(15-7-14-31-16-18-34-19-17-31)27(33)22-10-5-6-11-24(22)35-21-8-3-2-4-9-21/h2-6,8-13H,7,14-19H2,1H3. The van der Waals surface area contributed by atoms with Crippen molar-refractivity contribution >= 4 is 44.2 Å². The molecule has 0 aliphatic carbocycles. The van der Waals surface area contributed by atoms with Crippen LogP contribution in [0.5, 0.6) is 11.5 Å². The number of anilines is 1. The first-order valence-electron chi connectivity index (χ1n) is 12.1. The number of amides is 1. The normalized spacial score (nSPS) is 14.2. The molecular formula is C28H28ClN3O3S. The summed E-state index contributed by atoms with van der Waals surface area (Å²) in [6.45, 7) is 6.77. The molecule has 1 amide bonds. The van der Waals surface area contributed by atoms with Gasteiger partial charge in [0.25, 0.3) is 5.91 Å². The fraction of sp³-hybridized carbons (Fsp3) is 0.286. The Balaban J connectivity index is 1.46. The summed E-state index contributed by atoms with van der Waals surface area (Å²) < 4.78 is 12.5. The maximum Gasteiger partial charge on any atom is 0.263 e. The van der Waals surface area contributed by atoms with Gasteiger partial charge in [0.05, 0.1) is 34.0 Å². The molecule has 5 rings (SSSR count). The van der Waals surface area contributed by atoms with Gasteiger partial charge in [-0.3, -0.25) is 14.6 Å². The number of nitrogens with zero attached hydrogens (tertiary/aromatic N) is 3. The second-order valence-electron chi connectivity index (χ2n) is 8.71. The van der Waals surface area contributed by atoms with Crippen molar-refractivity contribution in [3.63, 3.8) is 0 Å². The highest BCUT2D eigenvalue weighted by Gasteiger charge is 2.25. The van der Waals surface area contributed by atoms with E-state index in [-0.39, 0.29) is 5.91 Å². The van der Waals surface area contributed by atoms with Crippen LogP contribution < -0.4 is 9.64 Å². The van der Waals surface area contributed by atoms with Gasteiger partial charge in [0.15, 0.2) is 5.13 Å². The number of hydrogen-bond acceptors (Lipinski definition) is 6. The Bertz CT molecular complexity index is 1300. The number of para-hydroxylation sites is 2. The first kappa shape index (κ1) is 24.7. The van der Waals surface area contributed by atoms with E-state index in [1.807, 2.05) is 67.6 Å². The lowest BCUT2D eigenvalue weighted by atomic mass is 10.1. The van der Waals surface area contributed by atoms with Gasteiger partial charge in [-0.2, -0.15) is 0 Å². The van der Waals surface area contributed by atoms with Crippen molar-refractivity contribution < 1.29 is 14.3 Å². The summed E-state index contributed by atoms with van der Waals surface area (Å²) in [5.41, 5.74) is 2.36. The predicted octanol–water partition coefficient (Wildman–Crippen LogP) is 6.42. The van der Waals surface area contributed by atoms with Crippen LogP contribution in [0.4, 0.5) is 5.13 Å². The van der Waals surface area contributed by atoms with E-state index in [4.69, 9.17) is 26.1 Å². The lowest BCUT2D eigenvalue weighted by Crippen LogP contribution is -2.39. The van der Waals surface area contributed by atoms with Gasteiger partial charge in [0, 0.05) is 26.2 Å². The number of fused-ring (bicyclic) bond motifs is 1. The molecule has 4 aromatic rings. The zero-order valence-corrected chi connectivity index (χ0v) is 21.7. The van der Waals surface area contributed by atoms with E-state index in [1.54, 1.807) is 11.0 Å². The second-order valence-corrected chi connectivity index (χ2v) is 10.1. The third-order valence-corrected chi connectivity index (χ3v) is 7.75. The van der Waals surface area contributed by atoms with Crippen molar-refractivity contribution in [2.24, 2.45) is 0 Å². The number of carbonyl (C=O) groups excluding carboxylic acids is 1. The summed E-state index contributed by atoms with van der Waals surface area (Å²) in [5.74, 6) is 1.05. The highest BCUT2D eigenvalue weighted by atomic mass is 35.5. The Hall–Kier alpha value is -2.97. The number of aryl methyl sites for hydroxylation is 1. The fourth-order valence-electron chi connectivity index (χ4n) is 4.26. The summed E-state index contributed by atoms with van der Waals surface area (Å²) >= 11 is 7.95. The molecular weight excluding hydrogens is 494 g/mol. The number of rotatable bonds is 8. The number of benzene rings is 3. The molecule has 0 spiro atoms.